The van der Waals surface area contributed by atoms with Gasteiger partial charge in [0.25, 0.3) is 5.91 Å². The molecule has 0 saturated carbocycles. The van der Waals surface area contributed by atoms with Gasteiger partial charge in [0.05, 0.1) is 5.56 Å². The molecule has 1 aromatic carbocycles. The highest BCUT2D eigenvalue weighted by atomic mass is 16.2. The lowest BCUT2D eigenvalue weighted by Gasteiger charge is -2.35. The van der Waals surface area contributed by atoms with E-state index >= 15 is 0 Å². The van der Waals surface area contributed by atoms with Gasteiger partial charge in [-0.25, -0.2) is 4.98 Å². The molecule has 28 heavy (non-hydrogen) atoms. The highest BCUT2D eigenvalue weighted by Crippen LogP contribution is 2.22. The Hall–Kier alpha value is -3.36. The van der Waals surface area contributed by atoms with E-state index in [0.29, 0.717) is 18.3 Å². The number of anilines is 4. The van der Waals surface area contributed by atoms with Gasteiger partial charge in [-0.1, -0.05) is 0 Å². The van der Waals surface area contributed by atoms with Gasteiger partial charge in [-0.05, 0) is 31.2 Å². The number of rotatable bonds is 6. The van der Waals surface area contributed by atoms with E-state index in [-0.39, 0.29) is 11.5 Å². The van der Waals surface area contributed by atoms with Gasteiger partial charge in [-0.15, -0.1) is 0 Å². The molecule has 1 aromatic heterocycles. The summed E-state index contributed by atoms with van der Waals surface area (Å²) in [6, 6.07) is 7.94. The molecule has 148 valence electrons. The lowest BCUT2D eigenvalue weighted by molar-refractivity contribution is -0.129. The second kappa shape index (κ2) is 8.55. The first kappa shape index (κ1) is 19.4. The number of hydrogen-bond acceptors (Lipinski definition) is 7. The largest absolute Gasteiger partial charge is 0.370 e. The van der Waals surface area contributed by atoms with Crippen LogP contribution in [-0.4, -0.2) is 59.4 Å². The highest BCUT2D eigenvalue weighted by molar-refractivity contribution is 5.97. The van der Waals surface area contributed by atoms with Crippen molar-refractivity contribution in [1.82, 2.24) is 14.9 Å². The summed E-state index contributed by atoms with van der Waals surface area (Å²) in [5.74, 6) is 0.339. The van der Waals surface area contributed by atoms with Crippen LogP contribution in [0, 0.1) is 0 Å². The molecule has 9 heteroatoms. The molecule has 2 amide bonds. The van der Waals surface area contributed by atoms with E-state index < -0.39 is 5.91 Å². The molecule has 0 aliphatic carbocycles. The Balaban J connectivity index is 1.67. The first-order chi connectivity index (χ1) is 13.5. The summed E-state index contributed by atoms with van der Waals surface area (Å²) in [7, 11) is 0. The number of hydrogen-bond donors (Lipinski definition) is 3. The summed E-state index contributed by atoms with van der Waals surface area (Å²) < 4.78 is 0. The summed E-state index contributed by atoms with van der Waals surface area (Å²) in [6.07, 6.45) is 1.42. The molecular formula is C19H25N7O2. The summed E-state index contributed by atoms with van der Waals surface area (Å²) in [5.41, 5.74) is 7.55. The number of nitrogens with zero attached hydrogens (tertiary/aromatic N) is 4. The molecule has 1 fully saturated rings. The zero-order valence-corrected chi connectivity index (χ0v) is 16.1. The van der Waals surface area contributed by atoms with E-state index in [1.165, 1.54) is 6.20 Å². The van der Waals surface area contributed by atoms with Crippen molar-refractivity contribution in [2.45, 2.75) is 13.8 Å². The monoisotopic (exact) mass is 383 g/mol. The zero-order chi connectivity index (χ0) is 20.1. The van der Waals surface area contributed by atoms with Gasteiger partial charge >= 0.3 is 0 Å². The molecule has 2 heterocycles. The van der Waals surface area contributed by atoms with Gasteiger partial charge in [0.1, 0.15) is 5.82 Å². The Kier molecular flexibility index (Phi) is 5.93. The number of amides is 2. The smallest absolute Gasteiger partial charge is 0.254 e. The van der Waals surface area contributed by atoms with Crippen molar-refractivity contribution in [3.8, 4) is 0 Å². The van der Waals surface area contributed by atoms with Crippen LogP contribution in [0.4, 0.5) is 23.1 Å². The second-order valence-electron chi connectivity index (χ2n) is 6.52. The van der Waals surface area contributed by atoms with Crippen molar-refractivity contribution in [2.24, 2.45) is 5.73 Å². The molecule has 0 radical (unpaired) electrons. The fourth-order valence-electron chi connectivity index (χ4n) is 3.09. The Morgan fingerprint density at radius 3 is 2.39 bits per heavy atom. The molecule has 0 unspecified atom stereocenters. The molecule has 4 N–H and O–H groups in total. The highest BCUT2D eigenvalue weighted by Gasteiger charge is 2.18. The summed E-state index contributed by atoms with van der Waals surface area (Å²) >= 11 is 0. The number of nitrogens with two attached hydrogens (primary N) is 1. The van der Waals surface area contributed by atoms with Crippen molar-refractivity contribution < 1.29 is 9.59 Å². The maximum absolute atomic E-state index is 11.5. The van der Waals surface area contributed by atoms with Crippen molar-refractivity contribution in [3.63, 3.8) is 0 Å². The summed E-state index contributed by atoms with van der Waals surface area (Å²) in [5, 5.41) is 6.16. The number of carbonyl (C=O) groups is 2. The zero-order valence-electron chi connectivity index (χ0n) is 16.1. The molecule has 0 atom stereocenters. The van der Waals surface area contributed by atoms with Crippen LogP contribution in [0.2, 0.25) is 0 Å². The number of primary amides is 1. The van der Waals surface area contributed by atoms with E-state index in [4.69, 9.17) is 5.73 Å². The van der Waals surface area contributed by atoms with Crippen LogP contribution < -0.4 is 21.3 Å². The maximum atomic E-state index is 11.5. The molecule has 1 aliphatic rings. The Bertz CT molecular complexity index is 846. The van der Waals surface area contributed by atoms with Crippen molar-refractivity contribution >= 4 is 35.0 Å². The van der Waals surface area contributed by atoms with E-state index in [1.54, 1.807) is 6.92 Å². The predicted molar refractivity (Wildman–Crippen MR) is 109 cm³/mol. The fraction of sp³-hybridized carbons (Fsp3) is 0.368. The number of aromatic nitrogens is 2. The molecule has 9 nitrogen and oxygen atoms in total. The quantitative estimate of drug-likeness (QED) is 0.691. The minimum Gasteiger partial charge on any atom is -0.370 e. The molecule has 2 aromatic rings. The van der Waals surface area contributed by atoms with Gasteiger partial charge < -0.3 is 26.2 Å². The standard InChI is InChI=1S/C19H25N7O2/c1-3-21-18-16(17(20)28)12-22-19(24-18)23-14-4-6-15(7-5-14)26-10-8-25(9-11-26)13(2)27/h4-7,12H,3,8-11H2,1-2H3,(H2,20,28)(H2,21,22,23,24). The van der Waals surface area contributed by atoms with Crippen LogP contribution in [0.25, 0.3) is 0 Å². The van der Waals surface area contributed by atoms with Crippen molar-refractivity contribution in [3.05, 3.63) is 36.0 Å². The van der Waals surface area contributed by atoms with E-state index in [1.807, 2.05) is 36.1 Å². The third-order valence-corrected chi connectivity index (χ3v) is 4.61. The average molecular weight is 383 g/mol. The van der Waals surface area contributed by atoms with Crippen LogP contribution in [-0.2, 0) is 4.79 Å². The normalized spacial score (nSPS) is 13.9. The van der Waals surface area contributed by atoms with Gasteiger partial charge in [-0.2, -0.15) is 4.98 Å². The minimum atomic E-state index is -0.572. The third-order valence-electron chi connectivity index (χ3n) is 4.61. The number of carbonyl (C=O) groups excluding carboxylic acids is 2. The topological polar surface area (TPSA) is 116 Å². The predicted octanol–water partition coefficient (Wildman–Crippen LogP) is 1.42. The molecule has 1 saturated heterocycles. The summed E-state index contributed by atoms with van der Waals surface area (Å²) in [6.45, 7) is 7.24. The first-order valence-corrected chi connectivity index (χ1v) is 9.26. The molecule has 1 aliphatic heterocycles. The van der Waals surface area contributed by atoms with Gasteiger partial charge in [0.15, 0.2) is 0 Å². The second-order valence-corrected chi connectivity index (χ2v) is 6.52. The Morgan fingerprint density at radius 1 is 1.14 bits per heavy atom. The fourth-order valence-corrected chi connectivity index (χ4v) is 3.09. The van der Waals surface area contributed by atoms with Gasteiger partial charge in [0, 0.05) is 57.2 Å². The SMILES string of the molecule is CCNc1nc(Nc2ccc(N3CCN(C(C)=O)CC3)cc2)ncc1C(N)=O. The number of benzene rings is 1. The lowest BCUT2D eigenvalue weighted by atomic mass is 10.2. The van der Waals surface area contributed by atoms with Crippen molar-refractivity contribution in [2.75, 3.05) is 48.3 Å². The summed E-state index contributed by atoms with van der Waals surface area (Å²) in [4.78, 5) is 35.5. The number of nitrogens with one attached hydrogen (secondary N) is 2. The average Bonchev–Trinajstić information content (AvgIpc) is 2.69. The van der Waals surface area contributed by atoms with E-state index in [9.17, 15) is 9.59 Å². The van der Waals surface area contributed by atoms with Crippen molar-refractivity contribution in [1.29, 1.82) is 0 Å². The van der Waals surface area contributed by atoms with Crippen LogP contribution >= 0.6 is 0 Å². The lowest BCUT2D eigenvalue weighted by Crippen LogP contribution is -2.48. The molecule has 3 rings (SSSR count). The molecule has 0 bridgehead atoms. The maximum Gasteiger partial charge on any atom is 0.254 e. The van der Waals surface area contributed by atoms with E-state index in [2.05, 4.69) is 25.5 Å². The Morgan fingerprint density at radius 2 is 1.82 bits per heavy atom. The van der Waals surface area contributed by atoms with Gasteiger partial charge in [0.2, 0.25) is 11.9 Å². The number of piperazine rings is 1. The first-order valence-electron chi connectivity index (χ1n) is 9.26. The molecule has 0 spiro atoms. The minimum absolute atomic E-state index is 0.124. The van der Waals surface area contributed by atoms with Crippen LogP contribution in [0.1, 0.15) is 24.2 Å². The molecular weight excluding hydrogens is 358 g/mol. The van der Waals surface area contributed by atoms with Crippen LogP contribution in [0.5, 0.6) is 0 Å². The third kappa shape index (κ3) is 4.48. The Labute approximate surface area is 163 Å². The van der Waals surface area contributed by atoms with Crippen LogP contribution in [0.15, 0.2) is 30.5 Å². The van der Waals surface area contributed by atoms with E-state index in [0.717, 1.165) is 37.6 Å². The van der Waals surface area contributed by atoms with Crippen LogP contribution in [0.3, 0.4) is 0 Å². The van der Waals surface area contributed by atoms with Gasteiger partial charge in [-0.3, -0.25) is 9.59 Å².